The van der Waals surface area contributed by atoms with Gasteiger partial charge in [-0.05, 0) is 18.6 Å². The number of amides is 1. The Kier molecular flexibility index (Phi) is 5.19. The summed E-state index contributed by atoms with van der Waals surface area (Å²) in [5.41, 5.74) is 1.25. The minimum atomic E-state index is -0.0167. The number of carbonyl (C=O) groups excluding carboxylic acids is 1. The molecule has 1 saturated heterocycles. The van der Waals surface area contributed by atoms with Gasteiger partial charge in [0.15, 0.2) is 0 Å². The maximum Gasteiger partial charge on any atom is 0.240 e. The molecule has 23 heavy (non-hydrogen) atoms. The lowest BCUT2D eigenvalue weighted by Gasteiger charge is -2.35. The summed E-state index contributed by atoms with van der Waals surface area (Å²) in [6, 6.07) is 10.4. The predicted molar refractivity (Wildman–Crippen MR) is 93.0 cm³/mol. The van der Waals surface area contributed by atoms with Crippen molar-refractivity contribution >= 4 is 28.1 Å². The maximum absolute atomic E-state index is 12.1. The number of rotatable bonds is 5. The van der Waals surface area contributed by atoms with E-state index in [4.69, 9.17) is 0 Å². The minimum Gasteiger partial charge on any atom is -0.369 e. The monoisotopic (exact) mass is 331 g/mol. The quantitative estimate of drug-likeness (QED) is 0.906. The van der Waals surface area contributed by atoms with E-state index in [2.05, 4.69) is 49.6 Å². The number of nitrogens with one attached hydrogen (secondary N) is 1. The van der Waals surface area contributed by atoms with Crippen LogP contribution in [0.3, 0.4) is 0 Å². The van der Waals surface area contributed by atoms with E-state index >= 15 is 0 Å². The summed E-state index contributed by atoms with van der Waals surface area (Å²) in [5, 5.41) is 12.4. The van der Waals surface area contributed by atoms with E-state index in [1.807, 2.05) is 13.0 Å². The van der Waals surface area contributed by atoms with Gasteiger partial charge in [-0.1, -0.05) is 36.5 Å². The van der Waals surface area contributed by atoms with Crippen molar-refractivity contribution in [1.82, 2.24) is 15.1 Å². The van der Waals surface area contributed by atoms with Crippen LogP contribution < -0.4 is 10.2 Å². The van der Waals surface area contributed by atoms with E-state index < -0.39 is 0 Å². The number of anilines is 2. The topological polar surface area (TPSA) is 61.4 Å². The van der Waals surface area contributed by atoms with Crippen molar-refractivity contribution < 1.29 is 4.79 Å². The van der Waals surface area contributed by atoms with E-state index in [9.17, 15) is 4.79 Å². The van der Waals surface area contributed by atoms with Crippen molar-refractivity contribution in [2.75, 3.05) is 42.9 Å². The van der Waals surface area contributed by atoms with Gasteiger partial charge < -0.3 is 4.90 Å². The highest BCUT2D eigenvalue weighted by Crippen LogP contribution is 2.17. The summed E-state index contributed by atoms with van der Waals surface area (Å²) in [6.07, 6.45) is 0.842. The molecule has 1 aliphatic heterocycles. The lowest BCUT2D eigenvalue weighted by Crippen LogP contribution is -2.48. The molecule has 1 amide bonds. The Hall–Kier alpha value is -1.99. The molecule has 0 radical (unpaired) electrons. The predicted octanol–water partition coefficient (Wildman–Crippen LogP) is 1.86. The number of carbonyl (C=O) groups is 1. The van der Waals surface area contributed by atoms with E-state index in [0.29, 0.717) is 11.7 Å². The van der Waals surface area contributed by atoms with Crippen LogP contribution in [0.15, 0.2) is 30.3 Å². The number of aromatic nitrogens is 2. The smallest absolute Gasteiger partial charge is 0.240 e. The highest BCUT2D eigenvalue weighted by atomic mass is 32.1. The van der Waals surface area contributed by atoms with Crippen LogP contribution in [0.4, 0.5) is 10.8 Å². The molecule has 0 atom stereocenters. The van der Waals surface area contributed by atoms with Gasteiger partial charge in [0.2, 0.25) is 11.0 Å². The Balaban J connectivity index is 1.46. The average Bonchev–Trinajstić information content (AvgIpc) is 3.04. The molecule has 1 fully saturated rings. The molecule has 1 N–H and O–H groups in total. The SMILES string of the molecule is CCc1nnc(NC(=O)CN2CCN(c3ccccc3)CC2)s1. The fourth-order valence-electron chi connectivity index (χ4n) is 2.61. The highest BCUT2D eigenvalue weighted by Gasteiger charge is 2.19. The molecule has 0 unspecified atom stereocenters. The third-order valence-electron chi connectivity index (χ3n) is 3.88. The van der Waals surface area contributed by atoms with Crippen LogP contribution >= 0.6 is 11.3 Å². The standard InChI is InChI=1S/C16H21N5OS/c1-2-15-18-19-16(23-15)17-14(22)12-20-8-10-21(11-9-20)13-6-4-3-5-7-13/h3-7H,2,8-12H2,1H3,(H,17,19,22). The maximum atomic E-state index is 12.1. The summed E-state index contributed by atoms with van der Waals surface area (Å²) in [7, 11) is 0. The van der Waals surface area contributed by atoms with Gasteiger partial charge in [-0.15, -0.1) is 10.2 Å². The van der Waals surface area contributed by atoms with Gasteiger partial charge in [-0.3, -0.25) is 15.0 Å². The summed E-state index contributed by atoms with van der Waals surface area (Å²) in [5.74, 6) is -0.0167. The Morgan fingerprint density at radius 3 is 2.57 bits per heavy atom. The number of aryl methyl sites for hydroxylation is 1. The first-order valence-corrected chi connectivity index (χ1v) is 8.71. The molecule has 2 aromatic rings. The zero-order chi connectivity index (χ0) is 16.1. The van der Waals surface area contributed by atoms with E-state index in [-0.39, 0.29) is 5.91 Å². The Morgan fingerprint density at radius 1 is 1.17 bits per heavy atom. The molecule has 1 aromatic heterocycles. The highest BCUT2D eigenvalue weighted by molar-refractivity contribution is 7.15. The van der Waals surface area contributed by atoms with E-state index in [0.717, 1.165) is 37.6 Å². The van der Waals surface area contributed by atoms with Crippen molar-refractivity contribution in [1.29, 1.82) is 0 Å². The van der Waals surface area contributed by atoms with Crippen LogP contribution in [0.25, 0.3) is 0 Å². The zero-order valence-corrected chi connectivity index (χ0v) is 14.1. The van der Waals surface area contributed by atoms with Crippen molar-refractivity contribution in [2.24, 2.45) is 0 Å². The number of nitrogens with zero attached hydrogens (tertiary/aromatic N) is 4. The van der Waals surface area contributed by atoms with Gasteiger partial charge >= 0.3 is 0 Å². The van der Waals surface area contributed by atoms with E-state index in [1.165, 1.54) is 17.0 Å². The van der Waals surface area contributed by atoms with Gasteiger partial charge in [0.05, 0.1) is 6.54 Å². The molecule has 6 nitrogen and oxygen atoms in total. The first-order valence-electron chi connectivity index (χ1n) is 7.89. The fraction of sp³-hybridized carbons (Fsp3) is 0.438. The summed E-state index contributed by atoms with van der Waals surface area (Å²) < 4.78 is 0. The molecule has 0 spiro atoms. The van der Waals surface area contributed by atoms with Crippen molar-refractivity contribution in [3.05, 3.63) is 35.3 Å². The summed E-state index contributed by atoms with van der Waals surface area (Å²) >= 11 is 1.44. The number of para-hydroxylation sites is 1. The molecule has 1 aromatic carbocycles. The van der Waals surface area contributed by atoms with Crippen LogP contribution in [0.5, 0.6) is 0 Å². The molecule has 0 bridgehead atoms. The van der Waals surface area contributed by atoms with Crippen LogP contribution in [-0.4, -0.2) is 53.7 Å². The molecular formula is C16H21N5OS. The van der Waals surface area contributed by atoms with Crippen LogP contribution in [0, 0.1) is 0 Å². The average molecular weight is 331 g/mol. The molecule has 0 saturated carbocycles. The summed E-state index contributed by atoms with van der Waals surface area (Å²) in [6.45, 7) is 6.09. The van der Waals surface area contributed by atoms with Crippen LogP contribution in [-0.2, 0) is 11.2 Å². The molecule has 1 aliphatic rings. The lowest BCUT2D eigenvalue weighted by atomic mass is 10.2. The fourth-order valence-corrected chi connectivity index (χ4v) is 3.31. The Labute approximate surface area is 140 Å². The second kappa shape index (κ2) is 7.52. The third-order valence-corrected chi connectivity index (χ3v) is 4.86. The van der Waals surface area contributed by atoms with Crippen molar-refractivity contribution in [2.45, 2.75) is 13.3 Å². The first kappa shape index (κ1) is 15.9. The normalized spacial score (nSPS) is 15.6. The minimum absolute atomic E-state index is 0.0167. The van der Waals surface area contributed by atoms with Gasteiger partial charge in [0, 0.05) is 31.9 Å². The Bertz CT molecular complexity index is 637. The van der Waals surface area contributed by atoms with Crippen LogP contribution in [0.2, 0.25) is 0 Å². The molecule has 7 heteroatoms. The van der Waals surface area contributed by atoms with Gasteiger partial charge in [0.25, 0.3) is 0 Å². The number of benzene rings is 1. The van der Waals surface area contributed by atoms with Crippen molar-refractivity contribution in [3.8, 4) is 0 Å². The van der Waals surface area contributed by atoms with Crippen molar-refractivity contribution in [3.63, 3.8) is 0 Å². The molecule has 2 heterocycles. The van der Waals surface area contributed by atoms with E-state index in [1.54, 1.807) is 0 Å². The molecule has 3 rings (SSSR count). The lowest BCUT2D eigenvalue weighted by molar-refractivity contribution is -0.117. The second-order valence-electron chi connectivity index (χ2n) is 5.50. The molecular weight excluding hydrogens is 310 g/mol. The largest absolute Gasteiger partial charge is 0.369 e. The molecule has 0 aliphatic carbocycles. The molecule has 122 valence electrons. The summed E-state index contributed by atoms with van der Waals surface area (Å²) in [4.78, 5) is 16.6. The van der Waals surface area contributed by atoms with Gasteiger partial charge in [-0.2, -0.15) is 0 Å². The number of piperazine rings is 1. The van der Waals surface area contributed by atoms with Gasteiger partial charge in [-0.25, -0.2) is 0 Å². The number of hydrogen-bond donors (Lipinski definition) is 1. The first-order chi connectivity index (χ1) is 11.2. The van der Waals surface area contributed by atoms with Crippen LogP contribution in [0.1, 0.15) is 11.9 Å². The zero-order valence-electron chi connectivity index (χ0n) is 13.2. The second-order valence-corrected chi connectivity index (χ2v) is 6.56. The number of hydrogen-bond acceptors (Lipinski definition) is 6. The third kappa shape index (κ3) is 4.27. The van der Waals surface area contributed by atoms with Gasteiger partial charge in [0.1, 0.15) is 5.01 Å². The Morgan fingerprint density at radius 2 is 1.91 bits per heavy atom.